The van der Waals surface area contributed by atoms with Crippen LogP contribution >= 0.6 is 0 Å². The summed E-state index contributed by atoms with van der Waals surface area (Å²) in [6.07, 6.45) is 8.50. The van der Waals surface area contributed by atoms with Crippen LogP contribution in [-0.4, -0.2) is 39.0 Å². The average molecular weight is 316 g/mol. The third kappa shape index (κ3) is 17.4. The van der Waals surface area contributed by atoms with Gasteiger partial charge < -0.3 is 14.2 Å². The van der Waals surface area contributed by atoms with Crippen LogP contribution in [0.3, 0.4) is 0 Å². The number of carbonyl (C=O) groups excluding carboxylic acids is 1. The average Bonchev–Trinajstić information content (AvgIpc) is 2.48. The lowest BCUT2D eigenvalue weighted by Crippen LogP contribution is -2.09. The Kier molecular flexibility index (Phi) is 16.3. The molecule has 0 aromatic rings. The Morgan fingerprint density at radius 2 is 1.50 bits per heavy atom. The smallest absolute Gasteiger partial charge is 0.305 e. The van der Waals surface area contributed by atoms with E-state index in [2.05, 4.69) is 13.8 Å². The summed E-state index contributed by atoms with van der Waals surface area (Å²) < 4.78 is 15.7. The van der Waals surface area contributed by atoms with Gasteiger partial charge in [0.05, 0.1) is 19.8 Å². The molecule has 0 saturated carbocycles. The van der Waals surface area contributed by atoms with Crippen LogP contribution < -0.4 is 0 Å². The van der Waals surface area contributed by atoms with E-state index in [-0.39, 0.29) is 5.97 Å². The second-order valence-corrected chi connectivity index (χ2v) is 6.08. The van der Waals surface area contributed by atoms with Gasteiger partial charge in [0.15, 0.2) is 0 Å². The highest BCUT2D eigenvalue weighted by atomic mass is 16.5. The van der Waals surface area contributed by atoms with E-state index in [0.717, 1.165) is 25.2 Å². The van der Waals surface area contributed by atoms with E-state index in [4.69, 9.17) is 14.2 Å². The largest absolute Gasteiger partial charge is 0.466 e. The molecule has 0 atom stereocenters. The first-order chi connectivity index (χ1) is 10.7. The highest BCUT2D eigenvalue weighted by Gasteiger charge is 2.02. The zero-order valence-corrected chi connectivity index (χ0v) is 14.9. The van der Waals surface area contributed by atoms with Crippen molar-refractivity contribution < 1.29 is 19.0 Å². The molecule has 0 aromatic heterocycles. The minimum Gasteiger partial charge on any atom is -0.466 e. The van der Waals surface area contributed by atoms with Gasteiger partial charge in [-0.1, -0.05) is 46.0 Å². The Balaban J connectivity index is 3.16. The first-order valence-electron chi connectivity index (χ1n) is 8.98. The molecule has 0 N–H and O–H groups in total. The van der Waals surface area contributed by atoms with Crippen molar-refractivity contribution in [2.75, 3.05) is 33.0 Å². The maximum absolute atomic E-state index is 11.5. The lowest BCUT2D eigenvalue weighted by Gasteiger charge is -2.06. The molecule has 0 saturated heterocycles. The third-order valence-electron chi connectivity index (χ3n) is 3.43. The first-order valence-corrected chi connectivity index (χ1v) is 8.98. The second-order valence-electron chi connectivity index (χ2n) is 6.08. The van der Waals surface area contributed by atoms with E-state index in [1.165, 1.54) is 25.7 Å². The van der Waals surface area contributed by atoms with Crippen molar-refractivity contribution in [1.82, 2.24) is 0 Å². The van der Waals surface area contributed by atoms with Crippen molar-refractivity contribution >= 4 is 5.97 Å². The molecule has 0 aliphatic rings. The Labute approximate surface area is 136 Å². The topological polar surface area (TPSA) is 44.8 Å². The highest BCUT2D eigenvalue weighted by Crippen LogP contribution is 2.10. The fourth-order valence-corrected chi connectivity index (χ4v) is 2.13. The van der Waals surface area contributed by atoms with Crippen LogP contribution in [0.4, 0.5) is 0 Å². The number of esters is 1. The maximum atomic E-state index is 11.5. The standard InChI is InChI=1S/C18H36O4/c1-4-20-15-16-21-13-10-12-18(19)22-14-9-7-5-6-8-11-17(2)3/h17H,4-16H2,1-3H3. The molecule has 0 heterocycles. The predicted octanol–water partition coefficient (Wildman–Crippen LogP) is 4.36. The van der Waals surface area contributed by atoms with Gasteiger partial charge in [-0.2, -0.15) is 0 Å². The zero-order valence-electron chi connectivity index (χ0n) is 14.9. The van der Waals surface area contributed by atoms with Gasteiger partial charge in [0, 0.05) is 19.6 Å². The predicted molar refractivity (Wildman–Crippen MR) is 90.0 cm³/mol. The van der Waals surface area contributed by atoms with Gasteiger partial charge in [-0.3, -0.25) is 4.79 Å². The molecule has 0 fully saturated rings. The van der Waals surface area contributed by atoms with Crippen molar-refractivity contribution in [2.24, 2.45) is 5.92 Å². The van der Waals surface area contributed by atoms with Gasteiger partial charge >= 0.3 is 5.97 Å². The van der Waals surface area contributed by atoms with Crippen LogP contribution in [0, 0.1) is 5.92 Å². The van der Waals surface area contributed by atoms with Gasteiger partial charge in [-0.05, 0) is 25.7 Å². The van der Waals surface area contributed by atoms with E-state index in [1.807, 2.05) is 6.92 Å². The summed E-state index contributed by atoms with van der Waals surface area (Å²) in [5.41, 5.74) is 0. The first kappa shape index (κ1) is 21.4. The van der Waals surface area contributed by atoms with Crippen molar-refractivity contribution in [3.8, 4) is 0 Å². The number of hydrogen-bond acceptors (Lipinski definition) is 4. The normalized spacial score (nSPS) is 11.1. The monoisotopic (exact) mass is 316 g/mol. The highest BCUT2D eigenvalue weighted by molar-refractivity contribution is 5.69. The number of ether oxygens (including phenoxy) is 3. The van der Waals surface area contributed by atoms with Gasteiger partial charge in [0.25, 0.3) is 0 Å². The van der Waals surface area contributed by atoms with Crippen LogP contribution in [0.5, 0.6) is 0 Å². The van der Waals surface area contributed by atoms with Crippen molar-refractivity contribution in [2.45, 2.75) is 72.1 Å². The van der Waals surface area contributed by atoms with Gasteiger partial charge in [0.2, 0.25) is 0 Å². The summed E-state index contributed by atoms with van der Waals surface area (Å²) in [7, 11) is 0. The van der Waals surface area contributed by atoms with Crippen molar-refractivity contribution in [3.63, 3.8) is 0 Å². The molecule has 22 heavy (non-hydrogen) atoms. The van der Waals surface area contributed by atoms with Crippen LogP contribution in [-0.2, 0) is 19.0 Å². The summed E-state index contributed by atoms with van der Waals surface area (Å²) in [5.74, 6) is 0.706. The zero-order chi connectivity index (χ0) is 16.5. The molecule has 4 heteroatoms. The summed E-state index contributed by atoms with van der Waals surface area (Å²) in [4.78, 5) is 11.5. The van der Waals surface area contributed by atoms with E-state index in [0.29, 0.717) is 39.5 Å². The molecule has 0 aliphatic heterocycles. The molecule has 0 bridgehead atoms. The Hall–Kier alpha value is -0.610. The number of hydrogen-bond donors (Lipinski definition) is 0. The van der Waals surface area contributed by atoms with Crippen LogP contribution in [0.1, 0.15) is 72.1 Å². The minimum atomic E-state index is -0.104. The molecule has 0 unspecified atom stereocenters. The summed E-state index contributed by atoms with van der Waals surface area (Å²) >= 11 is 0. The lowest BCUT2D eigenvalue weighted by atomic mass is 10.0. The van der Waals surface area contributed by atoms with E-state index in [1.54, 1.807) is 0 Å². The molecule has 0 aromatic carbocycles. The SMILES string of the molecule is CCOCCOCCCC(=O)OCCCCCCCC(C)C. The summed E-state index contributed by atoms with van der Waals surface area (Å²) in [6.45, 7) is 9.59. The molecule has 0 amide bonds. The fourth-order valence-electron chi connectivity index (χ4n) is 2.13. The molecule has 0 radical (unpaired) electrons. The fraction of sp³-hybridized carbons (Fsp3) is 0.944. The van der Waals surface area contributed by atoms with E-state index >= 15 is 0 Å². The molecule has 0 spiro atoms. The van der Waals surface area contributed by atoms with E-state index in [9.17, 15) is 4.79 Å². The lowest BCUT2D eigenvalue weighted by molar-refractivity contribution is -0.144. The molecule has 4 nitrogen and oxygen atoms in total. The quantitative estimate of drug-likeness (QED) is 0.313. The minimum absolute atomic E-state index is 0.104. The van der Waals surface area contributed by atoms with Gasteiger partial charge in [-0.25, -0.2) is 0 Å². The molecule has 0 aliphatic carbocycles. The Morgan fingerprint density at radius 1 is 0.818 bits per heavy atom. The maximum Gasteiger partial charge on any atom is 0.305 e. The third-order valence-corrected chi connectivity index (χ3v) is 3.43. The van der Waals surface area contributed by atoms with E-state index < -0.39 is 0 Å². The molecule has 0 rings (SSSR count). The summed E-state index contributed by atoms with van der Waals surface area (Å²) in [5, 5.41) is 0. The molecular weight excluding hydrogens is 280 g/mol. The molecular formula is C18H36O4. The van der Waals surface area contributed by atoms with Crippen LogP contribution in [0.15, 0.2) is 0 Å². The van der Waals surface area contributed by atoms with Gasteiger partial charge in [-0.15, -0.1) is 0 Å². The number of unbranched alkanes of at least 4 members (excludes halogenated alkanes) is 4. The van der Waals surface area contributed by atoms with Crippen LogP contribution in [0.25, 0.3) is 0 Å². The van der Waals surface area contributed by atoms with Crippen molar-refractivity contribution in [3.05, 3.63) is 0 Å². The van der Waals surface area contributed by atoms with Gasteiger partial charge in [0.1, 0.15) is 0 Å². The Morgan fingerprint density at radius 3 is 2.23 bits per heavy atom. The summed E-state index contributed by atoms with van der Waals surface area (Å²) in [6, 6.07) is 0. The van der Waals surface area contributed by atoms with Crippen molar-refractivity contribution in [1.29, 1.82) is 0 Å². The Bertz CT molecular complexity index is 241. The second kappa shape index (κ2) is 16.8. The van der Waals surface area contributed by atoms with Crippen LogP contribution in [0.2, 0.25) is 0 Å². The number of rotatable bonds is 16. The number of carbonyl (C=O) groups is 1. The molecule has 132 valence electrons.